The molecule has 35 heavy (non-hydrogen) atoms. The second-order valence-electron chi connectivity index (χ2n) is 7.92. The normalized spacial score (nSPS) is 13.1. The van der Waals surface area contributed by atoms with Crippen LogP contribution in [-0.4, -0.2) is 22.9 Å². The summed E-state index contributed by atoms with van der Waals surface area (Å²) in [6.45, 7) is 4.14. The van der Waals surface area contributed by atoms with E-state index in [-0.39, 0.29) is 13.2 Å². The molecule has 2 unspecified atom stereocenters. The lowest BCUT2D eigenvalue weighted by molar-refractivity contribution is -0.239. The number of nitrogens with zero attached hydrogens (tertiary/aromatic N) is 2. The van der Waals surface area contributed by atoms with Crippen molar-refractivity contribution in [1.82, 2.24) is 10.3 Å². The van der Waals surface area contributed by atoms with Crippen molar-refractivity contribution in [2.24, 2.45) is 0 Å². The maximum atomic E-state index is 5.76. The van der Waals surface area contributed by atoms with Crippen molar-refractivity contribution in [3.8, 4) is 22.6 Å². The molecule has 0 fully saturated rings. The van der Waals surface area contributed by atoms with Crippen LogP contribution in [0, 0.1) is 0 Å². The highest BCUT2D eigenvalue weighted by molar-refractivity contribution is 9.08. The van der Waals surface area contributed by atoms with Gasteiger partial charge >= 0.3 is 0 Å². The van der Waals surface area contributed by atoms with E-state index in [9.17, 15) is 0 Å². The van der Waals surface area contributed by atoms with Crippen LogP contribution in [-0.2, 0) is 38.1 Å². The minimum Gasteiger partial charge on any atom is -0.356 e. The van der Waals surface area contributed by atoms with Gasteiger partial charge < -0.3 is 23.3 Å². The van der Waals surface area contributed by atoms with Gasteiger partial charge in [0.2, 0.25) is 0 Å². The average molecular weight is 606 g/mol. The molecule has 0 spiro atoms. The van der Waals surface area contributed by atoms with Crippen LogP contribution in [0.1, 0.15) is 36.4 Å². The molecule has 2 atom stereocenters. The van der Waals surface area contributed by atoms with Crippen molar-refractivity contribution in [3.63, 3.8) is 0 Å². The average Bonchev–Trinajstić information content (AvgIpc) is 3.56. The maximum absolute atomic E-state index is 5.76. The van der Waals surface area contributed by atoms with Crippen LogP contribution in [0.25, 0.3) is 22.6 Å². The molecule has 7 nitrogen and oxygen atoms in total. The van der Waals surface area contributed by atoms with E-state index in [1.807, 2.05) is 74.5 Å². The number of alkyl halides is 2. The molecular weight excluding hydrogens is 580 g/mol. The third kappa shape index (κ3) is 7.35. The van der Waals surface area contributed by atoms with Crippen molar-refractivity contribution in [1.29, 1.82) is 0 Å². The van der Waals surface area contributed by atoms with Crippen molar-refractivity contribution < 1.29 is 23.3 Å². The van der Waals surface area contributed by atoms with E-state index in [2.05, 4.69) is 42.2 Å². The first kappa shape index (κ1) is 25.8. The summed E-state index contributed by atoms with van der Waals surface area (Å²) in [7, 11) is 0. The highest BCUT2D eigenvalue weighted by Crippen LogP contribution is 2.23. The number of hydrogen-bond donors (Lipinski definition) is 0. The molecule has 2 aromatic carbocycles. The summed E-state index contributed by atoms with van der Waals surface area (Å²) >= 11 is 6.89. The molecule has 0 aliphatic heterocycles. The summed E-state index contributed by atoms with van der Waals surface area (Å²) in [6.07, 6.45) is -0.992. The number of ether oxygens (including phenoxy) is 3. The monoisotopic (exact) mass is 604 g/mol. The summed E-state index contributed by atoms with van der Waals surface area (Å²) in [4.78, 5) is 0. The van der Waals surface area contributed by atoms with Gasteiger partial charge in [-0.3, -0.25) is 0 Å². The Bertz CT molecular complexity index is 1100. The molecule has 0 saturated heterocycles. The van der Waals surface area contributed by atoms with Crippen LogP contribution < -0.4 is 0 Å². The number of hydrogen-bond acceptors (Lipinski definition) is 7. The molecule has 184 valence electrons. The minimum atomic E-state index is -0.496. The van der Waals surface area contributed by atoms with E-state index in [4.69, 9.17) is 23.3 Å². The van der Waals surface area contributed by atoms with Gasteiger partial charge in [-0.1, -0.05) is 90.7 Å². The molecule has 2 aromatic heterocycles. The third-order valence-corrected chi connectivity index (χ3v) is 6.51. The number of rotatable bonds is 12. The Morgan fingerprint density at radius 1 is 0.686 bits per heavy atom. The molecule has 4 rings (SSSR count). The molecule has 0 amide bonds. The SMILES string of the molecule is CC(OCc1cc(-c2ccc(CBr)cc2)on1)OC(C)OCc1cc(-c2ccc(CBr)cc2)on1. The fourth-order valence-electron chi connectivity index (χ4n) is 3.30. The maximum Gasteiger partial charge on any atom is 0.167 e. The van der Waals surface area contributed by atoms with Crippen LogP contribution in [0.4, 0.5) is 0 Å². The minimum absolute atomic E-state index is 0.261. The molecule has 0 N–H and O–H groups in total. The summed E-state index contributed by atoms with van der Waals surface area (Å²) in [5, 5.41) is 9.79. The topological polar surface area (TPSA) is 79.8 Å². The number of halogens is 2. The summed E-state index contributed by atoms with van der Waals surface area (Å²) in [6, 6.07) is 19.9. The molecular formula is C26H26Br2N2O5. The van der Waals surface area contributed by atoms with E-state index >= 15 is 0 Å². The largest absolute Gasteiger partial charge is 0.356 e. The Labute approximate surface area is 221 Å². The van der Waals surface area contributed by atoms with E-state index < -0.39 is 12.6 Å². The van der Waals surface area contributed by atoms with E-state index in [1.165, 1.54) is 11.1 Å². The van der Waals surface area contributed by atoms with Crippen LogP contribution in [0.15, 0.2) is 69.7 Å². The highest BCUT2D eigenvalue weighted by Gasteiger charge is 2.14. The zero-order chi connectivity index (χ0) is 24.6. The van der Waals surface area contributed by atoms with E-state index in [0.717, 1.165) is 21.8 Å². The van der Waals surface area contributed by atoms with Crippen molar-refractivity contribution in [2.45, 2.75) is 50.3 Å². The molecule has 2 heterocycles. The van der Waals surface area contributed by atoms with Crippen molar-refractivity contribution in [2.75, 3.05) is 0 Å². The van der Waals surface area contributed by atoms with Gasteiger partial charge in [0.05, 0.1) is 13.2 Å². The Morgan fingerprint density at radius 3 is 1.46 bits per heavy atom. The lowest BCUT2D eigenvalue weighted by Gasteiger charge is -2.19. The number of benzene rings is 2. The van der Waals surface area contributed by atoms with Gasteiger partial charge in [0, 0.05) is 33.9 Å². The Hall–Kier alpha value is -2.30. The Balaban J connectivity index is 1.20. The molecule has 4 aromatic rings. The van der Waals surface area contributed by atoms with Gasteiger partial charge in [0.1, 0.15) is 11.4 Å². The van der Waals surface area contributed by atoms with Crippen molar-refractivity contribution >= 4 is 31.9 Å². The predicted octanol–water partition coefficient (Wildman–Crippen LogP) is 7.23. The van der Waals surface area contributed by atoms with Crippen LogP contribution in [0.3, 0.4) is 0 Å². The lowest BCUT2D eigenvalue weighted by atomic mass is 10.1. The first-order valence-corrected chi connectivity index (χ1v) is 13.4. The quantitative estimate of drug-likeness (QED) is 0.124. The highest BCUT2D eigenvalue weighted by atomic mass is 79.9. The molecule has 0 bridgehead atoms. The number of aromatic nitrogens is 2. The van der Waals surface area contributed by atoms with Gasteiger partial charge in [-0.25, -0.2) is 0 Å². The van der Waals surface area contributed by atoms with Gasteiger partial charge in [-0.15, -0.1) is 0 Å². The summed E-state index contributed by atoms with van der Waals surface area (Å²) < 4.78 is 28.1. The van der Waals surface area contributed by atoms with Crippen molar-refractivity contribution in [3.05, 3.63) is 83.2 Å². The second kappa shape index (κ2) is 12.6. The molecule has 0 radical (unpaired) electrons. The standard InChI is InChI=1S/C26H26Br2N2O5/c1-17(31-15-23-11-25(34-29-23)21-7-3-19(13-27)4-8-21)33-18(2)32-16-24-12-26(35-30-24)22-9-5-20(14-28)6-10-22/h3-12,17-18H,13-16H2,1-2H3. The van der Waals surface area contributed by atoms with Gasteiger partial charge in [-0.05, 0) is 25.0 Å². The zero-order valence-corrected chi connectivity index (χ0v) is 22.6. The fourth-order valence-corrected chi connectivity index (χ4v) is 4.05. The first-order valence-electron chi connectivity index (χ1n) is 11.1. The summed E-state index contributed by atoms with van der Waals surface area (Å²) in [5.41, 5.74) is 5.70. The van der Waals surface area contributed by atoms with Gasteiger partial charge in [0.25, 0.3) is 0 Å². The lowest BCUT2D eigenvalue weighted by Crippen LogP contribution is -2.22. The molecule has 0 aliphatic rings. The third-order valence-electron chi connectivity index (χ3n) is 5.22. The molecule has 9 heteroatoms. The first-order chi connectivity index (χ1) is 17.0. The van der Waals surface area contributed by atoms with Gasteiger partial charge in [0.15, 0.2) is 24.1 Å². The van der Waals surface area contributed by atoms with Crippen LogP contribution in [0.2, 0.25) is 0 Å². The second-order valence-corrected chi connectivity index (χ2v) is 9.04. The predicted molar refractivity (Wildman–Crippen MR) is 139 cm³/mol. The smallest absolute Gasteiger partial charge is 0.167 e. The fraction of sp³-hybridized carbons (Fsp3) is 0.308. The summed E-state index contributed by atoms with van der Waals surface area (Å²) in [5.74, 6) is 1.39. The molecule has 0 saturated carbocycles. The van der Waals surface area contributed by atoms with Crippen LogP contribution in [0.5, 0.6) is 0 Å². The molecule has 0 aliphatic carbocycles. The van der Waals surface area contributed by atoms with E-state index in [0.29, 0.717) is 22.9 Å². The Kier molecular flexibility index (Phi) is 9.28. The zero-order valence-electron chi connectivity index (χ0n) is 19.4. The van der Waals surface area contributed by atoms with E-state index in [1.54, 1.807) is 0 Å². The van der Waals surface area contributed by atoms with Gasteiger partial charge in [-0.2, -0.15) is 0 Å². The van der Waals surface area contributed by atoms with Crippen LogP contribution >= 0.6 is 31.9 Å². The Morgan fingerprint density at radius 2 is 1.09 bits per heavy atom.